The van der Waals surface area contributed by atoms with Crippen LogP contribution in [0.15, 0.2) is 63.4 Å². The summed E-state index contributed by atoms with van der Waals surface area (Å²) in [6.45, 7) is 8.22. The summed E-state index contributed by atoms with van der Waals surface area (Å²) in [5.41, 5.74) is 4.07. The van der Waals surface area contributed by atoms with Crippen LogP contribution in [0.1, 0.15) is 63.5 Å². The summed E-state index contributed by atoms with van der Waals surface area (Å²) in [7, 11) is 0. The summed E-state index contributed by atoms with van der Waals surface area (Å²) < 4.78 is 11.7. The first-order valence-electron chi connectivity index (χ1n) is 12.4. The summed E-state index contributed by atoms with van der Waals surface area (Å²) >= 11 is 9.49. The summed E-state index contributed by atoms with van der Waals surface area (Å²) in [4.78, 5) is 27.2. The number of rotatable bonds is 7. The monoisotopic (exact) mass is 587 g/mol. The Hall–Kier alpha value is -2.77. The van der Waals surface area contributed by atoms with Gasteiger partial charge in [0, 0.05) is 34.3 Å². The molecule has 2 atom stereocenters. The normalized spacial score (nSPS) is 19.6. The highest BCUT2D eigenvalue weighted by atomic mass is 79.9. The first kappa shape index (κ1) is 27.3. The zero-order valence-corrected chi connectivity index (χ0v) is 23.7. The molecule has 4 rings (SSSR count). The topological polar surface area (TPSA) is 84.9 Å². The van der Waals surface area contributed by atoms with Crippen molar-refractivity contribution in [1.82, 2.24) is 5.32 Å². The Labute approximate surface area is 230 Å². The third-order valence-electron chi connectivity index (χ3n) is 6.62. The van der Waals surface area contributed by atoms with Crippen LogP contribution in [0.4, 0.5) is 0 Å². The molecule has 0 radical (unpaired) electrons. The number of ether oxygens (including phenoxy) is 2. The average Bonchev–Trinajstić information content (AvgIpc) is 2.84. The number of Topliss-reactive ketones (excluding diaryl/α,β-unsaturated/α-hetero) is 1. The second kappa shape index (κ2) is 11.3. The SMILES string of the molecule is CCOc1cc([C@H]2C(C(=O)OCC(C)C)=C(C)NC3=C2C(=O)C[C@H](c2ccc(Cl)cc2)C3)cc(Br)c1O. The van der Waals surface area contributed by atoms with Crippen molar-refractivity contribution in [3.63, 3.8) is 0 Å². The van der Waals surface area contributed by atoms with E-state index in [0.717, 1.165) is 11.3 Å². The molecule has 2 N–H and O–H groups in total. The fraction of sp³-hybridized carbons (Fsp3) is 0.379. The molecule has 0 saturated carbocycles. The number of esters is 1. The summed E-state index contributed by atoms with van der Waals surface area (Å²) in [5, 5.41) is 14.5. The van der Waals surface area contributed by atoms with Crippen LogP contribution in [0, 0.1) is 5.92 Å². The molecule has 1 heterocycles. The smallest absolute Gasteiger partial charge is 0.336 e. The molecule has 0 fully saturated rings. The van der Waals surface area contributed by atoms with E-state index >= 15 is 0 Å². The summed E-state index contributed by atoms with van der Waals surface area (Å²) in [6.07, 6.45) is 0.923. The zero-order valence-electron chi connectivity index (χ0n) is 21.4. The van der Waals surface area contributed by atoms with E-state index in [1.807, 2.05) is 52.0 Å². The molecule has 2 aromatic rings. The molecule has 0 spiro atoms. The van der Waals surface area contributed by atoms with E-state index in [-0.39, 0.29) is 35.7 Å². The van der Waals surface area contributed by atoms with Gasteiger partial charge in [-0.2, -0.15) is 0 Å². The highest BCUT2D eigenvalue weighted by molar-refractivity contribution is 9.10. The second-order valence-corrected chi connectivity index (χ2v) is 11.1. The number of benzene rings is 2. The molecule has 0 saturated heterocycles. The molecule has 0 aromatic heterocycles. The van der Waals surface area contributed by atoms with E-state index in [2.05, 4.69) is 21.2 Å². The minimum absolute atomic E-state index is 0.00977. The van der Waals surface area contributed by atoms with Crippen molar-refractivity contribution >= 4 is 39.3 Å². The van der Waals surface area contributed by atoms with E-state index in [0.29, 0.717) is 51.4 Å². The minimum atomic E-state index is -0.661. The van der Waals surface area contributed by atoms with Crippen LogP contribution in [-0.4, -0.2) is 30.1 Å². The quantitative estimate of drug-likeness (QED) is 0.347. The van der Waals surface area contributed by atoms with Gasteiger partial charge in [-0.25, -0.2) is 4.79 Å². The first-order valence-corrected chi connectivity index (χ1v) is 13.6. The van der Waals surface area contributed by atoms with Crippen LogP contribution in [0.25, 0.3) is 0 Å². The Bertz CT molecular complexity index is 1280. The highest BCUT2D eigenvalue weighted by Gasteiger charge is 2.42. The molecular formula is C29H31BrClNO5. The van der Waals surface area contributed by atoms with Gasteiger partial charge in [0.2, 0.25) is 0 Å². The standard InChI is InChI=1S/C29H31BrClNO5/c1-5-36-24-13-19(10-21(30)28(24)34)26-25(29(35)37-14-15(2)3)16(4)32-22-11-18(12-23(33)27(22)26)17-6-8-20(31)9-7-17/h6-10,13,15,18,26,32,34H,5,11-12,14H2,1-4H3/t18-,26+/m1/s1. The van der Waals surface area contributed by atoms with Gasteiger partial charge in [0.1, 0.15) is 0 Å². The van der Waals surface area contributed by atoms with Crippen molar-refractivity contribution in [2.45, 2.75) is 52.4 Å². The maximum absolute atomic E-state index is 13.8. The van der Waals surface area contributed by atoms with Gasteiger partial charge in [0.05, 0.1) is 23.3 Å². The van der Waals surface area contributed by atoms with Gasteiger partial charge in [-0.3, -0.25) is 4.79 Å². The van der Waals surface area contributed by atoms with Crippen LogP contribution < -0.4 is 10.1 Å². The van der Waals surface area contributed by atoms with Gasteiger partial charge >= 0.3 is 5.97 Å². The van der Waals surface area contributed by atoms with Gasteiger partial charge in [-0.15, -0.1) is 0 Å². The number of halogens is 2. The third kappa shape index (κ3) is 5.73. The molecule has 0 amide bonds. The van der Waals surface area contributed by atoms with E-state index in [1.165, 1.54) is 0 Å². The Morgan fingerprint density at radius 1 is 1.19 bits per heavy atom. The van der Waals surface area contributed by atoms with Gasteiger partial charge in [0.25, 0.3) is 0 Å². The van der Waals surface area contributed by atoms with Gasteiger partial charge in [0.15, 0.2) is 17.3 Å². The van der Waals surface area contributed by atoms with Crippen LogP contribution in [0.5, 0.6) is 11.5 Å². The Morgan fingerprint density at radius 3 is 2.54 bits per heavy atom. The Morgan fingerprint density at radius 2 is 1.89 bits per heavy atom. The van der Waals surface area contributed by atoms with Gasteiger partial charge in [-0.05, 0) is 83.4 Å². The summed E-state index contributed by atoms with van der Waals surface area (Å²) in [5.74, 6) is -0.764. The second-order valence-electron chi connectivity index (χ2n) is 9.84. The van der Waals surface area contributed by atoms with E-state index < -0.39 is 11.9 Å². The molecule has 0 bridgehead atoms. The first-order chi connectivity index (χ1) is 17.6. The van der Waals surface area contributed by atoms with Crippen LogP contribution in [0.3, 0.4) is 0 Å². The molecule has 37 heavy (non-hydrogen) atoms. The third-order valence-corrected chi connectivity index (χ3v) is 7.48. The van der Waals surface area contributed by atoms with Crippen molar-refractivity contribution in [3.05, 3.63) is 79.6 Å². The minimum Gasteiger partial charge on any atom is -0.503 e. The molecule has 0 unspecified atom stereocenters. The zero-order chi connectivity index (χ0) is 26.9. The fourth-order valence-electron chi connectivity index (χ4n) is 4.96. The number of hydrogen-bond donors (Lipinski definition) is 2. The average molecular weight is 589 g/mol. The van der Waals surface area contributed by atoms with Crippen molar-refractivity contribution in [2.75, 3.05) is 13.2 Å². The predicted molar refractivity (Wildman–Crippen MR) is 147 cm³/mol. The van der Waals surface area contributed by atoms with E-state index in [9.17, 15) is 14.7 Å². The number of carbonyl (C=O) groups is 2. The fourth-order valence-corrected chi connectivity index (χ4v) is 5.55. The number of hydrogen-bond acceptors (Lipinski definition) is 6. The number of phenols is 1. The molecule has 6 nitrogen and oxygen atoms in total. The highest BCUT2D eigenvalue weighted by Crippen LogP contribution is 2.48. The van der Waals surface area contributed by atoms with E-state index in [4.69, 9.17) is 21.1 Å². The maximum atomic E-state index is 13.8. The number of phenolic OH excluding ortho intramolecular Hbond substituents is 1. The van der Waals surface area contributed by atoms with Crippen LogP contribution >= 0.6 is 27.5 Å². The number of carbonyl (C=O) groups excluding carboxylic acids is 2. The molecule has 8 heteroatoms. The number of nitrogens with one attached hydrogen (secondary N) is 1. The number of dihydropyridines is 1. The molecule has 196 valence electrons. The van der Waals surface area contributed by atoms with Gasteiger partial charge < -0.3 is 19.9 Å². The molecule has 2 aromatic carbocycles. The lowest BCUT2D eigenvalue weighted by atomic mass is 9.71. The largest absolute Gasteiger partial charge is 0.503 e. The number of ketones is 1. The van der Waals surface area contributed by atoms with Crippen molar-refractivity contribution in [3.8, 4) is 11.5 Å². The van der Waals surface area contributed by atoms with Gasteiger partial charge in [-0.1, -0.05) is 37.6 Å². The molecular weight excluding hydrogens is 558 g/mol. The number of aromatic hydroxyl groups is 1. The predicted octanol–water partition coefficient (Wildman–Crippen LogP) is 6.77. The van der Waals surface area contributed by atoms with Crippen molar-refractivity contribution in [2.24, 2.45) is 5.92 Å². The van der Waals surface area contributed by atoms with Crippen LogP contribution in [0.2, 0.25) is 5.02 Å². The lowest BCUT2D eigenvalue weighted by molar-refractivity contribution is -0.140. The molecule has 1 aliphatic carbocycles. The number of allylic oxidation sites excluding steroid dienone is 3. The molecule has 1 aliphatic heterocycles. The summed E-state index contributed by atoms with van der Waals surface area (Å²) in [6, 6.07) is 11.0. The Balaban J connectivity index is 1.82. The Kier molecular flexibility index (Phi) is 8.34. The van der Waals surface area contributed by atoms with Crippen LogP contribution in [-0.2, 0) is 14.3 Å². The maximum Gasteiger partial charge on any atom is 0.336 e. The molecule has 2 aliphatic rings. The van der Waals surface area contributed by atoms with E-state index in [1.54, 1.807) is 12.1 Å². The lowest BCUT2D eigenvalue weighted by Gasteiger charge is -2.37. The lowest BCUT2D eigenvalue weighted by Crippen LogP contribution is -2.36. The van der Waals surface area contributed by atoms with Crippen molar-refractivity contribution in [1.29, 1.82) is 0 Å². The van der Waals surface area contributed by atoms with Crippen molar-refractivity contribution < 1.29 is 24.2 Å².